The van der Waals surface area contributed by atoms with Gasteiger partial charge >= 0.3 is 0 Å². The molecule has 1 aliphatic carbocycles. The summed E-state index contributed by atoms with van der Waals surface area (Å²) in [5.74, 6) is 1.29. The van der Waals surface area contributed by atoms with Crippen LogP contribution in [0.1, 0.15) is 64.7 Å². The molecular weight excluding hydrogens is 327 g/mol. The van der Waals surface area contributed by atoms with Crippen molar-refractivity contribution in [2.45, 2.75) is 70.8 Å². The number of nitrogens with one attached hydrogen (secondary N) is 1. The van der Waals surface area contributed by atoms with Crippen molar-refractivity contribution in [2.24, 2.45) is 11.8 Å². The van der Waals surface area contributed by atoms with Crippen LogP contribution in [0.15, 0.2) is 24.3 Å². The summed E-state index contributed by atoms with van der Waals surface area (Å²) in [7, 11) is 0. The molecule has 4 heteroatoms. The van der Waals surface area contributed by atoms with Gasteiger partial charge in [-0.1, -0.05) is 26.2 Å². The van der Waals surface area contributed by atoms with Crippen LogP contribution in [0.5, 0.6) is 0 Å². The molecular formula is C22H33FN2O. The molecule has 1 saturated carbocycles. The summed E-state index contributed by atoms with van der Waals surface area (Å²) in [5, 5.41) is 3.47. The Morgan fingerprint density at radius 3 is 2.35 bits per heavy atom. The smallest absolute Gasteiger partial charge is 0.225 e. The summed E-state index contributed by atoms with van der Waals surface area (Å²) in [6.45, 7) is 3.94. The molecule has 0 aromatic heterocycles. The van der Waals surface area contributed by atoms with Crippen LogP contribution in [0, 0.1) is 17.7 Å². The van der Waals surface area contributed by atoms with Gasteiger partial charge in [-0.2, -0.15) is 0 Å². The lowest BCUT2D eigenvalue weighted by molar-refractivity contribution is -0.137. The normalized spacial score (nSPS) is 24.5. The minimum Gasteiger partial charge on any atom is -0.382 e. The Morgan fingerprint density at radius 2 is 1.73 bits per heavy atom. The third-order valence-corrected chi connectivity index (χ3v) is 6.18. The van der Waals surface area contributed by atoms with Gasteiger partial charge in [-0.05, 0) is 68.7 Å². The number of amides is 1. The number of hydrogen-bond donors (Lipinski definition) is 1. The molecule has 1 N–H and O–H groups in total. The fraction of sp³-hybridized carbons (Fsp3) is 0.682. The molecule has 2 fully saturated rings. The standard InChI is InChI=1S/C22H33FN2O/c1-2-3-4-17-5-7-18(8-6-17)22(26)25-15-13-21(14-16-25)24-20-11-9-19(23)10-12-20/h9-12,17-18,21,24H,2-8,13-16H2,1H3. The number of halogens is 1. The van der Waals surface area contributed by atoms with Crippen LogP contribution in [-0.4, -0.2) is 29.9 Å². The molecule has 0 bridgehead atoms. The van der Waals surface area contributed by atoms with Crippen LogP contribution in [-0.2, 0) is 4.79 Å². The summed E-state index contributed by atoms with van der Waals surface area (Å²) in [5.41, 5.74) is 0.960. The van der Waals surface area contributed by atoms with Gasteiger partial charge in [-0.3, -0.25) is 4.79 Å². The molecule has 0 spiro atoms. The second kappa shape index (κ2) is 9.38. The van der Waals surface area contributed by atoms with E-state index < -0.39 is 0 Å². The van der Waals surface area contributed by atoms with Gasteiger partial charge in [-0.15, -0.1) is 0 Å². The van der Waals surface area contributed by atoms with Gasteiger partial charge in [0.05, 0.1) is 0 Å². The molecule has 0 radical (unpaired) electrons. The molecule has 1 aromatic rings. The lowest BCUT2D eigenvalue weighted by atomic mass is 9.79. The van der Waals surface area contributed by atoms with Crippen molar-refractivity contribution in [2.75, 3.05) is 18.4 Å². The number of nitrogens with zero attached hydrogens (tertiary/aromatic N) is 1. The summed E-state index contributed by atoms with van der Waals surface area (Å²) in [6.07, 6.45) is 10.5. The van der Waals surface area contributed by atoms with Crippen molar-refractivity contribution in [3.63, 3.8) is 0 Å². The molecule has 0 atom stereocenters. The Kier molecular flexibility index (Phi) is 6.93. The first-order valence-corrected chi connectivity index (χ1v) is 10.5. The molecule has 26 heavy (non-hydrogen) atoms. The zero-order valence-corrected chi connectivity index (χ0v) is 16.1. The third-order valence-electron chi connectivity index (χ3n) is 6.18. The zero-order chi connectivity index (χ0) is 18.4. The quantitative estimate of drug-likeness (QED) is 0.754. The number of benzene rings is 1. The summed E-state index contributed by atoms with van der Waals surface area (Å²) < 4.78 is 13.0. The zero-order valence-electron chi connectivity index (χ0n) is 16.1. The summed E-state index contributed by atoms with van der Waals surface area (Å²) >= 11 is 0. The Balaban J connectivity index is 1.40. The predicted molar refractivity (Wildman–Crippen MR) is 105 cm³/mol. The molecule has 144 valence electrons. The Morgan fingerprint density at radius 1 is 1.08 bits per heavy atom. The maximum Gasteiger partial charge on any atom is 0.225 e. The van der Waals surface area contributed by atoms with Gasteiger partial charge in [0.1, 0.15) is 5.82 Å². The van der Waals surface area contributed by atoms with E-state index in [1.807, 2.05) is 0 Å². The minimum absolute atomic E-state index is 0.208. The first-order valence-electron chi connectivity index (χ1n) is 10.5. The van der Waals surface area contributed by atoms with Crippen molar-refractivity contribution in [3.8, 4) is 0 Å². The van der Waals surface area contributed by atoms with Crippen molar-refractivity contribution >= 4 is 11.6 Å². The van der Waals surface area contributed by atoms with Gasteiger partial charge in [-0.25, -0.2) is 4.39 Å². The van der Waals surface area contributed by atoms with Gasteiger partial charge in [0, 0.05) is 30.7 Å². The summed E-state index contributed by atoms with van der Waals surface area (Å²) in [6, 6.07) is 6.90. The third kappa shape index (κ3) is 5.21. The van der Waals surface area contributed by atoms with Crippen molar-refractivity contribution in [1.29, 1.82) is 0 Å². The molecule has 1 aromatic carbocycles. The first-order chi connectivity index (χ1) is 12.7. The molecule has 3 rings (SSSR count). The maximum absolute atomic E-state index is 13.0. The van der Waals surface area contributed by atoms with Crippen molar-refractivity contribution in [1.82, 2.24) is 4.90 Å². The second-order valence-corrected chi connectivity index (χ2v) is 8.11. The van der Waals surface area contributed by atoms with E-state index in [1.165, 1.54) is 44.2 Å². The molecule has 1 amide bonds. The largest absolute Gasteiger partial charge is 0.382 e. The van der Waals surface area contributed by atoms with E-state index in [4.69, 9.17) is 0 Å². The van der Waals surface area contributed by atoms with E-state index >= 15 is 0 Å². The van der Waals surface area contributed by atoms with Crippen LogP contribution >= 0.6 is 0 Å². The molecule has 3 nitrogen and oxygen atoms in total. The summed E-state index contributed by atoms with van der Waals surface area (Å²) in [4.78, 5) is 14.9. The van der Waals surface area contributed by atoms with Crippen LogP contribution in [0.4, 0.5) is 10.1 Å². The average Bonchev–Trinajstić information content (AvgIpc) is 2.68. The Bertz CT molecular complexity index is 558. The topological polar surface area (TPSA) is 32.3 Å². The second-order valence-electron chi connectivity index (χ2n) is 8.11. The van der Waals surface area contributed by atoms with E-state index in [0.717, 1.165) is 50.4 Å². The monoisotopic (exact) mass is 360 g/mol. The van der Waals surface area contributed by atoms with E-state index in [0.29, 0.717) is 11.9 Å². The van der Waals surface area contributed by atoms with E-state index in [-0.39, 0.29) is 11.7 Å². The molecule has 1 aliphatic heterocycles. The molecule has 2 aliphatic rings. The fourth-order valence-corrected chi connectivity index (χ4v) is 4.48. The highest BCUT2D eigenvalue weighted by Gasteiger charge is 2.31. The van der Waals surface area contributed by atoms with E-state index in [9.17, 15) is 9.18 Å². The SMILES string of the molecule is CCCCC1CCC(C(=O)N2CCC(Nc3ccc(F)cc3)CC2)CC1. The van der Waals surface area contributed by atoms with Gasteiger partial charge in [0.15, 0.2) is 0 Å². The Labute approximate surface area is 157 Å². The number of piperidine rings is 1. The molecule has 0 unspecified atom stereocenters. The van der Waals surface area contributed by atoms with Crippen molar-refractivity contribution < 1.29 is 9.18 Å². The van der Waals surface area contributed by atoms with E-state index in [1.54, 1.807) is 12.1 Å². The Hall–Kier alpha value is -1.58. The fourth-order valence-electron chi connectivity index (χ4n) is 4.48. The lowest BCUT2D eigenvalue weighted by Gasteiger charge is -2.36. The molecule has 1 saturated heterocycles. The highest BCUT2D eigenvalue weighted by molar-refractivity contribution is 5.79. The number of carbonyl (C=O) groups is 1. The number of carbonyl (C=O) groups excluding carboxylic acids is 1. The highest BCUT2D eigenvalue weighted by Crippen LogP contribution is 2.33. The van der Waals surface area contributed by atoms with Crippen molar-refractivity contribution in [3.05, 3.63) is 30.1 Å². The van der Waals surface area contributed by atoms with Crippen LogP contribution in [0.25, 0.3) is 0 Å². The lowest BCUT2D eigenvalue weighted by Crippen LogP contribution is -2.45. The number of hydrogen-bond acceptors (Lipinski definition) is 2. The molecule has 1 heterocycles. The van der Waals surface area contributed by atoms with Crippen LogP contribution in [0.3, 0.4) is 0 Å². The first kappa shape index (κ1) is 19.2. The van der Waals surface area contributed by atoms with Crippen LogP contribution < -0.4 is 5.32 Å². The van der Waals surface area contributed by atoms with Gasteiger partial charge in [0.2, 0.25) is 5.91 Å². The van der Waals surface area contributed by atoms with Gasteiger partial charge < -0.3 is 10.2 Å². The van der Waals surface area contributed by atoms with E-state index in [2.05, 4.69) is 17.1 Å². The van der Waals surface area contributed by atoms with Crippen LogP contribution in [0.2, 0.25) is 0 Å². The number of likely N-dealkylation sites (tertiary alicyclic amines) is 1. The number of rotatable bonds is 6. The van der Waals surface area contributed by atoms with Gasteiger partial charge in [0.25, 0.3) is 0 Å². The maximum atomic E-state index is 13.0. The highest BCUT2D eigenvalue weighted by atomic mass is 19.1. The minimum atomic E-state index is -0.208. The predicted octanol–water partition coefficient (Wildman–Crippen LogP) is 5.23. The number of unbranched alkanes of at least 4 members (excludes halogenated alkanes) is 1. The number of anilines is 1. The average molecular weight is 361 g/mol.